The van der Waals surface area contributed by atoms with Gasteiger partial charge in [-0.1, -0.05) is 37.6 Å². The number of amides is 1. The second-order valence-corrected chi connectivity index (χ2v) is 11.2. The van der Waals surface area contributed by atoms with E-state index in [4.69, 9.17) is 19.0 Å². The van der Waals surface area contributed by atoms with Gasteiger partial charge in [0.2, 0.25) is 0 Å². The molecule has 5 rings (SSSR count). The van der Waals surface area contributed by atoms with Crippen LogP contribution in [0.25, 0.3) is 11.3 Å². The predicted molar refractivity (Wildman–Crippen MR) is 132 cm³/mol. The van der Waals surface area contributed by atoms with E-state index in [0.717, 1.165) is 48.4 Å². The fraction of sp³-hybridized carbons (Fsp3) is 0.615. The number of benzene rings is 1. The molecular formula is C26H36BN3O4. The predicted octanol–water partition coefficient (Wildman–Crippen LogP) is 4.84. The third-order valence-electron chi connectivity index (χ3n) is 8.07. The molecular weight excluding hydrogens is 429 g/mol. The minimum absolute atomic E-state index is 0.0607. The maximum atomic E-state index is 12.8. The van der Waals surface area contributed by atoms with Crippen LogP contribution in [0.2, 0.25) is 0 Å². The zero-order chi connectivity index (χ0) is 24.1. The fourth-order valence-electron chi connectivity index (χ4n) is 4.86. The Morgan fingerprint density at radius 2 is 1.85 bits per heavy atom. The molecule has 1 aliphatic carbocycles. The van der Waals surface area contributed by atoms with E-state index in [0.29, 0.717) is 6.61 Å². The molecule has 2 aliphatic heterocycles. The first-order chi connectivity index (χ1) is 16.1. The second kappa shape index (κ2) is 8.42. The van der Waals surface area contributed by atoms with Crippen molar-refractivity contribution in [3.05, 3.63) is 36.3 Å². The molecule has 7 nitrogen and oxygen atoms in total. The summed E-state index contributed by atoms with van der Waals surface area (Å²) >= 11 is 0. The SMILES string of the molecule is CCCCOC(=O)N1CC2(CC2)CC1c1nc(-c2ccc(B3OC(C)(C)C(C)(C)O3)cc2)c[nH]1. The molecule has 1 amide bonds. The Balaban J connectivity index is 1.30. The minimum Gasteiger partial charge on any atom is -0.449 e. The van der Waals surface area contributed by atoms with E-state index in [1.54, 1.807) is 0 Å². The maximum Gasteiger partial charge on any atom is 0.494 e. The van der Waals surface area contributed by atoms with Crippen molar-refractivity contribution < 1.29 is 18.8 Å². The Labute approximate surface area is 202 Å². The van der Waals surface area contributed by atoms with Crippen LogP contribution in [0.5, 0.6) is 0 Å². The van der Waals surface area contributed by atoms with Crippen molar-refractivity contribution in [2.24, 2.45) is 5.41 Å². The molecule has 1 unspecified atom stereocenters. The lowest BCUT2D eigenvalue weighted by molar-refractivity contribution is 0.00578. The molecule has 1 spiro atoms. The Kier molecular flexibility index (Phi) is 5.80. The van der Waals surface area contributed by atoms with Gasteiger partial charge in [0.05, 0.1) is 29.5 Å². The summed E-state index contributed by atoms with van der Waals surface area (Å²) in [6.45, 7) is 11.6. The number of carbonyl (C=O) groups is 1. The highest BCUT2D eigenvalue weighted by Gasteiger charge is 2.55. The van der Waals surface area contributed by atoms with Crippen molar-refractivity contribution in [3.63, 3.8) is 0 Å². The van der Waals surface area contributed by atoms with Crippen LogP contribution in [0.1, 0.15) is 78.6 Å². The normalized spacial score (nSPS) is 24.1. The molecule has 0 radical (unpaired) electrons. The lowest BCUT2D eigenvalue weighted by Gasteiger charge is -2.32. The Morgan fingerprint density at radius 1 is 1.18 bits per heavy atom. The van der Waals surface area contributed by atoms with Crippen molar-refractivity contribution in [1.29, 1.82) is 0 Å². The van der Waals surface area contributed by atoms with Gasteiger partial charge in [-0.15, -0.1) is 0 Å². The largest absolute Gasteiger partial charge is 0.494 e. The minimum atomic E-state index is -0.380. The van der Waals surface area contributed by atoms with Crippen LogP contribution in [-0.4, -0.2) is 52.4 Å². The molecule has 3 aliphatic rings. The number of nitrogens with zero attached hydrogens (tertiary/aromatic N) is 2. The van der Waals surface area contributed by atoms with Crippen LogP contribution in [0.4, 0.5) is 4.79 Å². The Hall–Kier alpha value is -2.32. The van der Waals surface area contributed by atoms with Gasteiger partial charge in [0.25, 0.3) is 0 Å². The van der Waals surface area contributed by atoms with E-state index >= 15 is 0 Å². The molecule has 0 bridgehead atoms. The first-order valence-electron chi connectivity index (χ1n) is 12.6. The zero-order valence-electron chi connectivity index (χ0n) is 21.0. The lowest BCUT2D eigenvalue weighted by Crippen LogP contribution is -2.41. The highest BCUT2D eigenvalue weighted by molar-refractivity contribution is 6.62. The molecule has 3 heterocycles. The number of ether oxygens (including phenoxy) is 1. The van der Waals surface area contributed by atoms with Gasteiger partial charge in [0.1, 0.15) is 5.82 Å². The van der Waals surface area contributed by atoms with Gasteiger partial charge < -0.3 is 19.0 Å². The number of nitrogens with one attached hydrogen (secondary N) is 1. The molecule has 8 heteroatoms. The number of unbranched alkanes of at least 4 members (excludes halogenated alkanes) is 1. The number of hydrogen-bond donors (Lipinski definition) is 1. The first-order valence-corrected chi connectivity index (χ1v) is 12.6. The van der Waals surface area contributed by atoms with Gasteiger partial charge in [0.15, 0.2) is 0 Å². The maximum absolute atomic E-state index is 12.8. The van der Waals surface area contributed by atoms with E-state index in [-0.39, 0.29) is 35.9 Å². The standard InChI is InChI=1S/C26H36BN3O4/c1-6-7-14-32-23(31)30-17-26(12-13-26)15-21(30)22-28-16-20(29-22)18-8-10-19(11-9-18)27-33-24(2,3)25(4,5)34-27/h8-11,16,21H,6-7,12-15,17H2,1-5H3,(H,28,29). The monoisotopic (exact) mass is 465 g/mol. The summed E-state index contributed by atoms with van der Waals surface area (Å²) in [5, 5.41) is 0. The molecule has 182 valence electrons. The molecule has 1 saturated carbocycles. The Morgan fingerprint density at radius 3 is 2.47 bits per heavy atom. The molecule has 1 N–H and O–H groups in total. The van der Waals surface area contributed by atoms with Crippen molar-refractivity contribution in [3.8, 4) is 11.3 Å². The van der Waals surface area contributed by atoms with Crippen LogP contribution in [0, 0.1) is 5.41 Å². The molecule has 1 aromatic carbocycles. The number of aromatic amines is 1. The van der Waals surface area contributed by atoms with Crippen LogP contribution in [0.3, 0.4) is 0 Å². The molecule has 3 fully saturated rings. The van der Waals surface area contributed by atoms with Crippen molar-refractivity contribution in [2.45, 2.75) is 84.0 Å². The third kappa shape index (κ3) is 4.26. The third-order valence-corrected chi connectivity index (χ3v) is 8.07. The van der Waals surface area contributed by atoms with Crippen LogP contribution >= 0.6 is 0 Å². The number of H-pyrrole nitrogens is 1. The number of imidazole rings is 1. The molecule has 2 saturated heterocycles. The van der Waals surface area contributed by atoms with Gasteiger partial charge >= 0.3 is 13.2 Å². The number of hydrogen-bond acceptors (Lipinski definition) is 5. The molecule has 34 heavy (non-hydrogen) atoms. The van der Waals surface area contributed by atoms with Crippen LogP contribution in [-0.2, 0) is 14.0 Å². The van der Waals surface area contributed by atoms with E-state index < -0.39 is 0 Å². The number of aromatic nitrogens is 2. The van der Waals surface area contributed by atoms with Gasteiger partial charge in [-0.3, -0.25) is 4.90 Å². The van der Waals surface area contributed by atoms with E-state index in [9.17, 15) is 4.79 Å². The zero-order valence-corrected chi connectivity index (χ0v) is 21.0. The number of rotatable bonds is 6. The van der Waals surface area contributed by atoms with E-state index in [1.165, 1.54) is 12.8 Å². The van der Waals surface area contributed by atoms with E-state index in [2.05, 4.69) is 39.6 Å². The van der Waals surface area contributed by atoms with Gasteiger partial charge in [-0.05, 0) is 64.3 Å². The van der Waals surface area contributed by atoms with Gasteiger partial charge in [0, 0.05) is 18.3 Å². The summed E-state index contributed by atoms with van der Waals surface area (Å²) in [5.41, 5.74) is 2.40. The summed E-state index contributed by atoms with van der Waals surface area (Å²) in [4.78, 5) is 22.9. The summed E-state index contributed by atoms with van der Waals surface area (Å²) in [5.74, 6) is 0.834. The summed E-state index contributed by atoms with van der Waals surface area (Å²) < 4.78 is 17.9. The van der Waals surface area contributed by atoms with Crippen molar-refractivity contribution in [2.75, 3.05) is 13.2 Å². The van der Waals surface area contributed by atoms with Crippen LogP contribution < -0.4 is 5.46 Å². The van der Waals surface area contributed by atoms with Crippen molar-refractivity contribution in [1.82, 2.24) is 14.9 Å². The van der Waals surface area contributed by atoms with Gasteiger partial charge in [-0.2, -0.15) is 0 Å². The highest BCUT2D eigenvalue weighted by atomic mass is 16.7. The fourth-order valence-corrected chi connectivity index (χ4v) is 4.86. The average Bonchev–Trinajstić information content (AvgIpc) is 3.12. The first kappa shape index (κ1) is 23.4. The smallest absolute Gasteiger partial charge is 0.449 e. The summed E-state index contributed by atoms with van der Waals surface area (Å²) in [6, 6.07) is 8.12. The Bertz CT molecular complexity index is 1030. The number of carbonyl (C=O) groups excluding carboxylic acids is 1. The van der Waals surface area contributed by atoms with Crippen molar-refractivity contribution >= 4 is 18.7 Å². The lowest BCUT2D eigenvalue weighted by atomic mass is 9.79. The van der Waals surface area contributed by atoms with Crippen LogP contribution in [0.15, 0.2) is 30.5 Å². The summed E-state index contributed by atoms with van der Waals surface area (Å²) in [6.07, 6.45) is 6.91. The molecule has 2 aromatic rings. The molecule has 1 atom stereocenters. The van der Waals surface area contributed by atoms with Gasteiger partial charge in [-0.25, -0.2) is 9.78 Å². The highest BCUT2D eigenvalue weighted by Crippen LogP contribution is 2.58. The summed E-state index contributed by atoms with van der Waals surface area (Å²) in [7, 11) is -0.380. The number of likely N-dealkylation sites (tertiary alicyclic amines) is 1. The second-order valence-electron chi connectivity index (χ2n) is 11.2. The topological polar surface area (TPSA) is 76.7 Å². The van der Waals surface area contributed by atoms with E-state index in [1.807, 2.05) is 35.4 Å². The quantitative estimate of drug-likeness (QED) is 0.488. The molecule has 1 aromatic heterocycles. The average molecular weight is 465 g/mol.